The van der Waals surface area contributed by atoms with Crippen LogP contribution >= 0.6 is 12.0 Å². The lowest BCUT2D eigenvalue weighted by molar-refractivity contribution is -0.432. The first-order valence-electron chi connectivity index (χ1n) is 12.2. The number of benzene rings is 4. The number of anilines is 2. The largest absolute Gasteiger partial charge is 0.505 e. The lowest BCUT2D eigenvalue weighted by Gasteiger charge is -2.14. The van der Waals surface area contributed by atoms with Gasteiger partial charge in [-0.1, -0.05) is 11.6 Å². The van der Waals surface area contributed by atoms with Crippen LogP contribution in [0.4, 0.5) is 34.1 Å². The van der Waals surface area contributed by atoms with E-state index in [1.54, 1.807) is 0 Å². The predicted octanol–water partition coefficient (Wildman–Crippen LogP) is 6.51. The SMILES string of the molecule is C=CS(=O)(=O)c1ccc(N=Nc2c(SOOO)cc3cc(S(=O)(=O)O)c(N=Nc4ccc(NC(C)=O)cc4)c(O)c3c2N)cc1. The molecule has 0 aliphatic heterocycles. The van der Waals surface area contributed by atoms with Crippen molar-refractivity contribution in [2.75, 3.05) is 11.1 Å². The summed E-state index contributed by atoms with van der Waals surface area (Å²) in [5, 5.41) is 42.6. The van der Waals surface area contributed by atoms with Gasteiger partial charge >= 0.3 is 0 Å². The first kappa shape index (κ1) is 33.1. The lowest BCUT2D eigenvalue weighted by Crippen LogP contribution is -2.04. The molecule has 45 heavy (non-hydrogen) atoms. The normalized spacial score (nSPS) is 12.2. The van der Waals surface area contributed by atoms with Crippen molar-refractivity contribution < 1.29 is 45.9 Å². The van der Waals surface area contributed by atoms with Crippen molar-refractivity contribution in [2.45, 2.75) is 21.6 Å². The Morgan fingerprint density at radius 3 is 2.07 bits per heavy atom. The highest BCUT2D eigenvalue weighted by Gasteiger charge is 2.26. The van der Waals surface area contributed by atoms with E-state index in [0.29, 0.717) is 17.7 Å². The predicted molar refractivity (Wildman–Crippen MR) is 163 cm³/mol. The Kier molecular flexibility index (Phi) is 9.93. The maximum Gasteiger partial charge on any atom is 0.296 e. The van der Waals surface area contributed by atoms with Gasteiger partial charge < -0.3 is 16.2 Å². The molecule has 0 saturated heterocycles. The smallest absolute Gasteiger partial charge is 0.296 e. The molecule has 0 spiro atoms. The molecule has 0 unspecified atom stereocenters. The number of hydrogen-bond donors (Lipinski definition) is 5. The van der Waals surface area contributed by atoms with E-state index in [4.69, 9.17) is 11.0 Å². The Morgan fingerprint density at radius 1 is 0.956 bits per heavy atom. The fourth-order valence-electron chi connectivity index (χ4n) is 3.85. The second kappa shape index (κ2) is 13.5. The van der Waals surface area contributed by atoms with E-state index in [0.717, 1.165) is 11.5 Å². The molecule has 1 amide bonds. The summed E-state index contributed by atoms with van der Waals surface area (Å²) < 4.78 is 63.0. The van der Waals surface area contributed by atoms with Crippen LogP contribution in [0.3, 0.4) is 0 Å². The monoisotopic (exact) mass is 674 g/mol. The first-order valence-corrected chi connectivity index (χ1v) is 15.9. The zero-order valence-corrected chi connectivity index (χ0v) is 25.3. The van der Waals surface area contributed by atoms with Gasteiger partial charge in [-0.15, -0.1) is 14.6 Å². The summed E-state index contributed by atoms with van der Waals surface area (Å²) in [5.41, 5.74) is 6.15. The minimum Gasteiger partial charge on any atom is -0.505 e. The number of carbonyl (C=O) groups is 1. The highest BCUT2D eigenvalue weighted by Crippen LogP contribution is 2.49. The molecule has 234 valence electrons. The minimum absolute atomic E-state index is 0.0120. The third-order valence-corrected chi connectivity index (χ3v) is 8.70. The number of aromatic hydroxyl groups is 1. The second-order valence-electron chi connectivity index (χ2n) is 8.84. The molecule has 0 aromatic heterocycles. The van der Waals surface area contributed by atoms with Crippen LogP contribution < -0.4 is 11.1 Å². The van der Waals surface area contributed by atoms with E-state index in [-0.39, 0.29) is 49.2 Å². The summed E-state index contributed by atoms with van der Waals surface area (Å²) in [6.45, 7) is 4.60. The van der Waals surface area contributed by atoms with Crippen molar-refractivity contribution in [1.29, 1.82) is 0 Å². The summed E-state index contributed by atoms with van der Waals surface area (Å²) in [4.78, 5) is 10.4. The molecule has 0 fully saturated rings. The Hall–Kier alpha value is -4.76. The van der Waals surface area contributed by atoms with Crippen LogP contribution in [0.1, 0.15) is 6.92 Å². The van der Waals surface area contributed by atoms with Gasteiger partial charge in [0, 0.05) is 18.0 Å². The number of carbonyl (C=O) groups excluding carboxylic acids is 1. The molecule has 4 aromatic carbocycles. The van der Waals surface area contributed by atoms with Crippen LogP contribution in [0.25, 0.3) is 10.8 Å². The number of phenolic OH excluding ortho intramolecular Hbond substituents is 1. The molecule has 0 heterocycles. The van der Waals surface area contributed by atoms with E-state index in [1.807, 2.05) is 0 Å². The van der Waals surface area contributed by atoms with Gasteiger partial charge in [-0.25, -0.2) is 13.7 Å². The average Bonchev–Trinajstić information content (AvgIpc) is 2.99. The quantitative estimate of drug-likeness (QED) is 0.0285. The van der Waals surface area contributed by atoms with Gasteiger partial charge in [-0.3, -0.25) is 9.35 Å². The first-order chi connectivity index (χ1) is 21.2. The Bertz CT molecular complexity index is 2070. The van der Waals surface area contributed by atoms with Gasteiger partial charge in [-0.05, 0) is 66.0 Å². The zero-order chi connectivity index (χ0) is 32.9. The van der Waals surface area contributed by atoms with E-state index in [9.17, 15) is 31.3 Å². The van der Waals surface area contributed by atoms with Crippen LogP contribution in [0.15, 0.2) is 108 Å². The molecule has 0 aliphatic rings. The summed E-state index contributed by atoms with van der Waals surface area (Å²) in [5.74, 6) is -1.09. The number of nitrogens with zero attached hydrogens (tertiary/aromatic N) is 4. The number of sulfone groups is 1. The number of azo groups is 2. The fourth-order valence-corrected chi connectivity index (χ4v) is 5.73. The molecule has 4 rings (SSSR count). The molecular formula is C26H22N6O10S3. The zero-order valence-electron chi connectivity index (χ0n) is 22.8. The van der Waals surface area contributed by atoms with Gasteiger partial charge in [-0.2, -0.15) is 18.6 Å². The number of nitrogens with two attached hydrogens (primary N) is 1. The number of nitrogens with one attached hydrogen (secondary N) is 1. The molecule has 16 nitrogen and oxygen atoms in total. The van der Waals surface area contributed by atoms with Crippen molar-refractivity contribution >= 4 is 82.8 Å². The van der Waals surface area contributed by atoms with Crippen molar-refractivity contribution in [3.05, 3.63) is 72.7 Å². The van der Waals surface area contributed by atoms with Gasteiger partial charge in [0.25, 0.3) is 10.1 Å². The minimum atomic E-state index is -4.98. The van der Waals surface area contributed by atoms with Crippen molar-refractivity contribution in [2.24, 2.45) is 20.5 Å². The summed E-state index contributed by atoms with van der Waals surface area (Å²) in [7, 11) is -8.67. The van der Waals surface area contributed by atoms with Crippen LogP contribution in [0.2, 0.25) is 0 Å². The van der Waals surface area contributed by atoms with E-state index in [2.05, 4.69) is 41.7 Å². The highest BCUT2D eigenvalue weighted by molar-refractivity contribution is 7.94. The van der Waals surface area contributed by atoms with E-state index >= 15 is 0 Å². The van der Waals surface area contributed by atoms with E-state index < -0.39 is 36.3 Å². The third kappa shape index (κ3) is 7.67. The van der Waals surface area contributed by atoms with Crippen LogP contribution in [0.5, 0.6) is 5.75 Å². The maximum atomic E-state index is 12.3. The van der Waals surface area contributed by atoms with Gasteiger partial charge in [0.2, 0.25) is 5.91 Å². The van der Waals surface area contributed by atoms with Crippen molar-refractivity contribution in [3.63, 3.8) is 0 Å². The molecule has 0 aliphatic carbocycles. The van der Waals surface area contributed by atoms with Crippen LogP contribution in [-0.4, -0.2) is 37.7 Å². The maximum absolute atomic E-state index is 12.3. The van der Waals surface area contributed by atoms with Gasteiger partial charge in [0.05, 0.1) is 44.3 Å². The molecule has 6 N–H and O–H groups in total. The number of nitrogen functional groups attached to an aromatic ring is 1. The second-order valence-corrected chi connectivity index (χ2v) is 12.9. The molecule has 19 heteroatoms. The average molecular weight is 675 g/mol. The Labute approximate surface area is 259 Å². The molecule has 4 aromatic rings. The fraction of sp³-hybridized carbons (Fsp3) is 0.0385. The third-order valence-electron chi connectivity index (χ3n) is 5.85. The van der Waals surface area contributed by atoms with Crippen LogP contribution in [-0.2, 0) is 34.1 Å². The summed E-state index contributed by atoms with van der Waals surface area (Å²) >= 11 is 0.398. The number of hydrogen-bond acceptors (Lipinski definition) is 15. The number of rotatable bonds is 11. The Balaban J connectivity index is 1.86. The van der Waals surface area contributed by atoms with Gasteiger partial charge in [0.15, 0.2) is 15.6 Å². The van der Waals surface area contributed by atoms with Gasteiger partial charge in [0.1, 0.15) is 16.3 Å². The number of amides is 1. The molecule has 0 atom stereocenters. The van der Waals surface area contributed by atoms with E-state index in [1.165, 1.54) is 61.5 Å². The number of phenols is 1. The lowest BCUT2D eigenvalue weighted by atomic mass is 10.1. The standard InChI is InChI=1S/C26H22N6O10S3/c1-3-44(36,37)19-10-8-18(9-11-19)29-31-24-20(43-42-41-35)12-15-13-21(45(38,39)40)25(26(34)22(15)23(24)27)32-30-17-6-4-16(5-7-17)28-14(2)33/h3-13,34-35H,1,27H2,2H3,(H,28,33)(H,38,39,40). The van der Waals surface area contributed by atoms with Crippen LogP contribution in [0, 0.1) is 0 Å². The van der Waals surface area contributed by atoms with Crippen molar-refractivity contribution in [1.82, 2.24) is 0 Å². The topological polar surface area (TPSA) is 252 Å². The molecule has 0 radical (unpaired) electrons. The molecule has 0 bridgehead atoms. The molecule has 0 saturated carbocycles. The Morgan fingerprint density at radius 2 is 1.53 bits per heavy atom. The summed E-state index contributed by atoms with van der Waals surface area (Å²) in [6.07, 6.45) is 0. The number of fused-ring (bicyclic) bond motifs is 1. The summed E-state index contributed by atoms with van der Waals surface area (Å²) in [6, 6.07) is 13.4. The molecular weight excluding hydrogens is 653 g/mol. The van der Waals surface area contributed by atoms with Crippen molar-refractivity contribution in [3.8, 4) is 5.75 Å². The highest BCUT2D eigenvalue weighted by atomic mass is 32.2.